The third-order valence-electron chi connectivity index (χ3n) is 4.47. The number of hydrogen-bond acceptors (Lipinski definition) is 7. The number of aromatic nitrogens is 3. The van der Waals surface area contributed by atoms with E-state index in [0.717, 1.165) is 11.1 Å². The van der Waals surface area contributed by atoms with Crippen molar-refractivity contribution in [2.75, 3.05) is 12.4 Å². The van der Waals surface area contributed by atoms with Crippen LogP contribution in [0.3, 0.4) is 0 Å². The molecule has 0 fully saturated rings. The first-order valence-electron chi connectivity index (χ1n) is 9.07. The minimum atomic E-state index is -0.391. The van der Waals surface area contributed by atoms with Gasteiger partial charge in [-0.1, -0.05) is 12.1 Å². The maximum absolute atomic E-state index is 12.8. The number of methoxy groups -OCH3 is 1. The monoisotopic (exact) mass is 420 g/mol. The number of furan rings is 2. The van der Waals surface area contributed by atoms with E-state index in [9.17, 15) is 4.79 Å². The van der Waals surface area contributed by atoms with Gasteiger partial charge in [-0.05, 0) is 31.2 Å². The first kappa shape index (κ1) is 18.2. The second kappa shape index (κ2) is 7.20. The summed E-state index contributed by atoms with van der Waals surface area (Å²) in [5.74, 6) is 1.52. The minimum absolute atomic E-state index is 0.176. The molecule has 0 saturated carbocycles. The number of amides is 1. The second-order valence-corrected chi connectivity index (χ2v) is 7.36. The Hall–Kier alpha value is -3.85. The summed E-state index contributed by atoms with van der Waals surface area (Å²) in [7, 11) is 1.56. The fourth-order valence-corrected chi connectivity index (χ4v) is 3.90. The van der Waals surface area contributed by atoms with Crippen LogP contribution in [0.5, 0.6) is 5.75 Å². The average molecular weight is 420 g/mol. The predicted octanol–water partition coefficient (Wildman–Crippen LogP) is 4.90. The number of thiazole rings is 1. The zero-order valence-electron chi connectivity index (χ0n) is 16.1. The molecule has 4 aromatic heterocycles. The van der Waals surface area contributed by atoms with E-state index in [1.165, 1.54) is 11.3 Å². The number of para-hydroxylation sites is 1. The number of nitrogens with one attached hydrogen (secondary N) is 1. The van der Waals surface area contributed by atoms with Gasteiger partial charge < -0.3 is 18.9 Å². The van der Waals surface area contributed by atoms with E-state index in [0.29, 0.717) is 33.7 Å². The zero-order chi connectivity index (χ0) is 20.7. The summed E-state index contributed by atoms with van der Waals surface area (Å²) in [5.41, 5.74) is 1.97. The molecular weight excluding hydrogens is 404 g/mol. The number of rotatable bonds is 5. The topological polar surface area (TPSA) is 95.3 Å². The Bertz CT molecular complexity index is 1350. The van der Waals surface area contributed by atoms with Crippen LogP contribution in [0, 0.1) is 6.92 Å². The largest absolute Gasteiger partial charge is 0.493 e. The number of carbonyl (C=O) groups is 1. The summed E-state index contributed by atoms with van der Waals surface area (Å²) < 4.78 is 18.0. The number of hydrogen-bond donors (Lipinski definition) is 1. The van der Waals surface area contributed by atoms with Gasteiger partial charge in [0.25, 0.3) is 5.91 Å². The molecule has 1 N–H and O–H groups in total. The molecule has 1 aromatic carbocycles. The number of anilines is 1. The number of ether oxygens (including phenoxy) is 1. The van der Waals surface area contributed by atoms with E-state index in [1.54, 1.807) is 42.3 Å². The van der Waals surface area contributed by atoms with Crippen LogP contribution in [0.4, 0.5) is 5.82 Å². The molecule has 9 heteroatoms. The first-order chi connectivity index (χ1) is 14.6. The number of aryl methyl sites for hydroxylation is 1. The number of fused-ring (bicyclic) bond motifs is 1. The maximum atomic E-state index is 12.8. The van der Waals surface area contributed by atoms with Crippen molar-refractivity contribution in [2.24, 2.45) is 0 Å². The third kappa shape index (κ3) is 3.15. The van der Waals surface area contributed by atoms with Gasteiger partial charge in [-0.3, -0.25) is 4.79 Å². The Balaban J connectivity index is 1.45. The Morgan fingerprint density at radius 1 is 1.23 bits per heavy atom. The van der Waals surface area contributed by atoms with Crippen LogP contribution in [-0.4, -0.2) is 27.8 Å². The molecule has 8 nitrogen and oxygen atoms in total. The molecule has 5 rings (SSSR count). The van der Waals surface area contributed by atoms with Crippen LogP contribution in [0.2, 0.25) is 0 Å². The summed E-state index contributed by atoms with van der Waals surface area (Å²) in [4.78, 5) is 17.4. The fraction of sp³-hybridized carbons (Fsp3) is 0.0952. The molecule has 0 saturated heterocycles. The summed E-state index contributed by atoms with van der Waals surface area (Å²) >= 11 is 1.40. The van der Waals surface area contributed by atoms with Gasteiger partial charge in [-0.25, -0.2) is 4.98 Å². The normalized spacial score (nSPS) is 11.1. The lowest BCUT2D eigenvalue weighted by Crippen LogP contribution is -2.14. The van der Waals surface area contributed by atoms with Gasteiger partial charge in [0.05, 0.1) is 19.1 Å². The van der Waals surface area contributed by atoms with Crippen molar-refractivity contribution >= 4 is 34.0 Å². The Morgan fingerprint density at radius 2 is 2.13 bits per heavy atom. The van der Waals surface area contributed by atoms with Gasteiger partial charge in [0.1, 0.15) is 11.5 Å². The van der Waals surface area contributed by atoms with Gasteiger partial charge in [0, 0.05) is 16.8 Å². The quantitative estimate of drug-likeness (QED) is 0.434. The van der Waals surface area contributed by atoms with Crippen LogP contribution >= 0.6 is 11.3 Å². The molecule has 0 spiro atoms. The van der Waals surface area contributed by atoms with Crippen molar-refractivity contribution in [3.8, 4) is 22.3 Å². The molecule has 0 radical (unpaired) electrons. The SMILES string of the molecule is COc1cccc2cc(C(=O)Nc3cc(C)nn3-c3nc(-c4ccco4)cs3)oc12. The second-order valence-electron chi connectivity index (χ2n) is 6.52. The number of nitrogens with zero attached hydrogens (tertiary/aromatic N) is 3. The maximum Gasteiger partial charge on any atom is 0.292 e. The van der Waals surface area contributed by atoms with Crippen molar-refractivity contribution in [3.05, 3.63) is 65.6 Å². The minimum Gasteiger partial charge on any atom is -0.493 e. The number of carbonyl (C=O) groups excluding carboxylic acids is 1. The van der Waals surface area contributed by atoms with E-state index in [2.05, 4.69) is 15.4 Å². The van der Waals surface area contributed by atoms with Crippen LogP contribution in [0.15, 0.2) is 62.9 Å². The van der Waals surface area contributed by atoms with Gasteiger partial charge >= 0.3 is 0 Å². The molecular formula is C21H16N4O4S. The highest BCUT2D eigenvalue weighted by molar-refractivity contribution is 7.12. The van der Waals surface area contributed by atoms with Gasteiger partial charge in [0.15, 0.2) is 22.9 Å². The Kier molecular flexibility index (Phi) is 4.36. The highest BCUT2D eigenvalue weighted by atomic mass is 32.1. The highest BCUT2D eigenvalue weighted by Gasteiger charge is 2.19. The fourth-order valence-electron chi connectivity index (χ4n) is 3.12. The molecule has 1 amide bonds. The summed E-state index contributed by atoms with van der Waals surface area (Å²) in [6, 6.07) is 12.6. The van der Waals surface area contributed by atoms with Crippen molar-refractivity contribution in [1.82, 2.24) is 14.8 Å². The van der Waals surface area contributed by atoms with Crippen molar-refractivity contribution in [3.63, 3.8) is 0 Å². The zero-order valence-corrected chi connectivity index (χ0v) is 16.9. The van der Waals surface area contributed by atoms with Gasteiger partial charge in [-0.2, -0.15) is 9.78 Å². The average Bonchev–Trinajstić information content (AvgIpc) is 3.51. The molecule has 0 aliphatic rings. The van der Waals surface area contributed by atoms with Crippen LogP contribution in [0.1, 0.15) is 16.2 Å². The standard InChI is InChI=1S/C21H16N4O4S/c1-12-9-18(25(24-12)21-22-14(11-30-21)15-7-4-8-28-15)23-20(26)17-10-13-5-3-6-16(27-2)19(13)29-17/h3-11H,1-2H3,(H,23,26). The van der Waals surface area contributed by atoms with E-state index >= 15 is 0 Å². The summed E-state index contributed by atoms with van der Waals surface area (Å²) in [6.07, 6.45) is 1.60. The van der Waals surface area contributed by atoms with E-state index in [-0.39, 0.29) is 5.76 Å². The van der Waals surface area contributed by atoms with E-state index in [1.807, 2.05) is 30.5 Å². The Morgan fingerprint density at radius 3 is 2.93 bits per heavy atom. The molecule has 0 atom stereocenters. The van der Waals surface area contributed by atoms with Gasteiger partial charge in [0.2, 0.25) is 5.13 Å². The van der Waals surface area contributed by atoms with E-state index in [4.69, 9.17) is 13.6 Å². The molecule has 5 aromatic rings. The molecule has 0 aliphatic heterocycles. The molecule has 0 bridgehead atoms. The number of benzene rings is 1. The van der Waals surface area contributed by atoms with Crippen molar-refractivity contribution < 1.29 is 18.4 Å². The van der Waals surface area contributed by atoms with Gasteiger partial charge in [-0.15, -0.1) is 11.3 Å². The molecule has 0 unspecified atom stereocenters. The smallest absolute Gasteiger partial charge is 0.292 e. The lowest BCUT2D eigenvalue weighted by atomic mass is 10.2. The first-order valence-corrected chi connectivity index (χ1v) is 9.94. The van der Waals surface area contributed by atoms with Crippen LogP contribution in [-0.2, 0) is 0 Å². The molecule has 150 valence electrons. The molecule has 30 heavy (non-hydrogen) atoms. The summed E-state index contributed by atoms with van der Waals surface area (Å²) in [5, 5.41) is 10.6. The summed E-state index contributed by atoms with van der Waals surface area (Å²) in [6.45, 7) is 1.85. The highest BCUT2D eigenvalue weighted by Crippen LogP contribution is 2.30. The predicted molar refractivity (Wildman–Crippen MR) is 112 cm³/mol. The lowest BCUT2D eigenvalue weighted by molar-refractivity contribution is 0.0998. The van der Waals surface area contributed by atoms with Crippen LogP contribution in [0.25, 0.3) is 27.6 Å². The van der Waals surface area contributed by atoms with E-state index < -0.39 is 5.91 Å². The third-order valence-corrected chi connectivity index (χ3v) is 5.29. The Labute approximate surface area is 174 Å². The van der Waals surface area contributed by atoms with Crippen LogP contribution < -0.4 is 10.1 Å². The lowest BCUT2D eigenvalue weighted by Gasteiger charge is -2.05. The van der Waals surface area contributed by atoms with Crippen molar-refractivity contribution in [2.45, 2.75) is 6.92 Å². The molecule has 4 heterocycles. The van der Waals surface area contributed by atoms with Crippen molar-refractivity contribution in [1.29, 1.82) is 0 Å². The molecule has 0 aliphatic carbocycles.